The van der Waals surface area contributed by atoms with E-state index in [1.54, 1.807) is 7.05 Å². The average molecular weight is 236 g/mol. The molecule has 94 valence electrons. The maximum Gasteiger partial charge on any atom is 0.271 e. The second-order valence-electron chi connectivity index (χ2n) is 4.91. The molecule has 2 atom stereocenters. The summed E-state index contributed by atoms with van der Waals surface area (Å²) in [6, 6.07) is 0.269. The molecule has 2 rings (SSSR count). The molecule has 0 bridgehead atoms. The summed E-state index contributed by atoms with van der Waals surface area (Å²) in [7, 11) is 1.73. The number of nitrogens with two attached hydrogens (primary N) is 1. The molecule has 0 spiro atoms. The van der Waals surface area contributed by atoms with Gasteiger partial charge in [-0.1, -0.05) is 19.8 Å². The Labute approximate surface area is 101 Å². The minimum absolute atomic E-state index is 0.110. The number of carbonyl (C=O) groups is 1. The number of nitrogens with zero attached hydrogens (tertiary/aromatic N) is 2. The van der Waals surface area contributed by atoms with Crippen LogP contribution in [0.5, 0.6) is 0 Å². The maximum absolute atomic E-state index is 12.1. The van der Waals surface area contributed by atoms with Crippen molar-refractivity contribution in [2.24, 2.45) is 13.0 Å². The number of aryl methyl sites for hydroxylation is 1. The van der Waals surface area contributed by atoms with Gasteiger partial charge in [-0.3, -0.25) is 9.48 Å². The minimum Gasteiger partial charge on any atom is -0.396 e. The zero-order valence-corrected chi connectivity index (χ0v) is 10.4. The lowest BCUT2D eigenvalue weighted by Gasteiger charge is -2.29. The molecule has 1 aromatic heterocycles. The van der Waals surface area contributed by atoms with Crippen LogP contribution in [0, 0.1) is 5.92 Å². The molecule has 1 aliphatic carbocycles. The van der Waals surface area contributed by atoms with E-state index in [2.05, 4.69) is 17.3 Å². The van der Waals surface area contributed by atoms with Crippen LogP contribution in [0.4, 0.5) is 5.69 Å². The predicted octanol–water partition coefficient (Wildman–Crippen LogP) is 1.31. The van der Waals surface area contributed by atoms with Crippen LogP contribution in [-0.4, -0.2) is 21.7 Å². The Morgan fingerprint density at radius 3 is 2.82 bits per heavy atom. The van der Waals surface area contributed by atoms with Gasteiger partial charge in [0.1, 0.15) is 5.69 Å². The van der Waals surface area contributed by atoms with Crippen molar-refractivity contribution in [1.82, 2.24) is 15.1 Å². The molecule has 1 saturated carbocycles. The minimum atomic E-state index is -0.110. The summed E-state index contributed by atoms with van der Waals surface area (Å²) in [6.07, 6.45) is 6.22. The summed E-state index contributed by atoms with van der Waals surface area (Å²) in [6.45, 7) is 2.19. The first-order chi connectivity index (χ1) is 8.09. The molecule has 1 amide bonds. The van der Waals surface area contributed by atoms with E-state index < -0.39 is 0 Å². The van der Waals surface area contributed by atoms with Gasteiger partial charge in [-0.2, -0.15) is 5.10 Å². The van der Waals surface area contributed by atoms with Gasteiger partial charge in [0.25, 0.3) is 5.91 Å². The molecule has 0 radical (unpaired) electrons. The molecule has 0 saturated heterocycles. The van der Waals surface area contributed by atoms with Crippen molar-refractivity contribution in [2.75, 3.05) is 5.73 Å². The molecule has 1 fully saturated rings. The Morgan fingerprint density at radius 1 is 1.53 bits per heavy atom. The van der Waals surface area contributed by atoms with E-state index in [0.29, 0.717) is 17.3 Å². The summed E-state index contributed by atoms with van der Waals surface area (Å²) in [5.41, 5.74) is 6.64. The Morgan fingerprint density at radius 2 is 2.24 bits per heavy atom. The third-order valence-electron chi connectivity index (χ3n) is 3.61. The number of hydrogen-bond donors (Lipinski definition) is 2. The molecule has 0 aromatic carbocycles. The monoisotopic (exact) mass is 236 g/mol. The molecule has 17 heavy (non-hydrogen) atoms. The second kappa shape index (κ2) is 4.77. The van der Waals surface area contributed by atoms with Gasteiger partial charge >= 0.3 is 0 Å². The van der Waals surface area contributed by atoms with E-state index >= 15 is 0 Å². The van der Waals surface area contributed by atoms with Crippen molar-refractivity contribution >= 4 is 11.6 Å². The second-order valence-corrected chi connectivity index (χ2v) is 4.91. The highest BCUT2D eigenvalue weighted by Gasteiger charge is 2.25. The molecule has 5 heteroatoms. The van der Waals surface area contributed by atoms with E-state index in [-0.39, 0.29) is 11.9 Å². The fourth-order valence-electron chi connectivity index (χ4n) is 2.50. The van der Waals surface area contributed by atoms with Gasteiger partial charge in [0, 0.05) is 13.1 Å². The third-order valence-corrected chi connectivity index (χ3v) is 3.61. The lowest BCUT2D eigenvalue weighted by Crippen LogP contribution is -2.41. The number of aromatic nitrogens is 2. The summed E-state index contributed by atoms with van der Waals surface area (Å²) in [4.78, 5) is 12.1. The molecule has 0 aliphatic heterocycles. The van der Waals surface area contributed by atoms with Crippen LogP contribution in [0.25, 0.3) is 0 Å². The van der Waals surface area contributed by atoms with Gasteiger partial charge < -0.3 is 11.1 Å². The van der Waals surface area contributed by atoms with Gasteiger partial charge in [0.05, 0.1) is 11.9 Å². The van der Waals surface area contributed by atoms with E-state index in [4.69, 9.17) is 5.73 Å². The zero-order valence-electron chi connectivity index (χ0n) is 10.4. The number of nitrogen functional groups attached to an aromatic ring is 1. The lowest BCUT2D eigenvalue weighted by atomic mass is 9.86. The Hall–Kier alpha value is -1.52. The van der Waals surface area contributed by atoms with Gasteiger partial charge in [-0.05, 0) is 18.8 Å². The highest BCUT2D eigenvalue weighted by atomic mass is 16.2. The summed E-state index contributed by atoms with van der Waals surface area (Å²) in [5.74, 6) is 0.434. The molecule has 1 aliphatic rings. The van der Waals surface area contributed by atoms with Gasteiger partial charge in [-0.15, -0.1) is 0 Å². The van der Waals surface area contributed by atoms with Crippen molar-refractivity contribution in [3.05, 3.63) is 11.9 Å². The third kappa shape index (κ3) is 2.43. The Balaban J connectivity index is 2.06. The van der Waals surface area contributed by atoms with Crippen LogP contribution >= 0.6 is 0 Å². The molecule has 2 unspecified atom stereocenters. The van der Waals surface area contributed by atoms with Crippen molar-refractivity contribution in [3.63, 3.8) is 0 Å². The maximum atomic E-state index is 12.1. The van der Waals surface area contributed by atoms with Crippen LogP contribution in [0.3, 0.4) is 0 Å². The van der Waals surface area contributed by atoms with Crippen LogP contribution in [-0.2, 0) is 7.05 Å². The standard InChI is InChI=1S/C12H20N4O/c1-8-5-3-4-6-10(8)15-12(17)11-9(13)7-14-16(11)2/h7-8,10H,3-6,13H2,1-2H3,(H,15,17). The summed E-state index contributed by atoms with van der Waals surface area (Å²) in [5, 5.41) is 7.05. The lowest BCUT2D eigenvalue weighted by molar-refractivity contribution is 0.0901. The Kier molecular flexibility index (Phi) is 3.36. The number of anilines is 1. The van der Waals surface area contributed by atoms with Gasteiger partial charge in [0.2, 0.25) is 0 Å². The predicted molar refractivity (Wildman–Crippen MR) is 66.5 cm³/mol. The SMILES string of the molecule is CC1CCCCC1NC(=O)c1c(N)cnn1C. The fraction of sp³-hybridized carbons (Fsp3) is 0.667. The van der Waals surface area contributed by atoms with E-state index in [9.17, 15) is 4.79 Å². The van der Waals surface area contributed by atoms with E-state index in [1.165, 1.54) is 30.1 Å². The number of carbonyl (C=O) groups excluding carboxylic acids is 1. The molecular formula is C12H20N4O. The summed E-state index contributed by atoms with van der Waals surface area (Å²) < 4.78 is 1.53. The molecule has 1 aromatic rings. The number of rotatable bonds is 2. The van der Waals surface area contributed by atoms with Gasteiger partial charge in [0.15, 0.2) is 0 Å². The molecule has 3 N–H and O–H groups in total. The normalized spacial score (nSPS) is 24.6. The molecular weight excluding hydrogens is 216 g/mol. The topological polar surface area (TPSA) is 72.9 Å². The molecule has 1 heterocycles. The van der Waals surface area contributed by atoms with Crippen molar-refractivity contribution in [2.45, 2.75) is 38.6 Å². The fourth-order valence-corrected chi connectivity index (χ4v) is 2.50. The van der Waals surface area contributed by atoms with Gasteiger partial charge in [-0.25, -0.2) is 0 Å². The van der Waals surface area contributed by atoms with Crippen LogP contribution < -0.4 is 11.1 Å². The average Bonchev–Trinajstić information content (AvgIpc) is 2.62. The number of hydrogen-bond acceptors (Lipinski definition) is 3. The first-order valence-corrected chi connectivity index (χ1v) is 6.18. The quantitative estimate of drug-likeness (QED) is 0.813. The highest BCUT2D eigenvalue weighted by molar-refractivity contribution is 5.97. The number of amides is 1. The van der Waals surface area contributed by atoms with Crippen molar-refractivity contribution < 1.29 is 4.79 Å². The first kappa shape index (κ1) is 12.0. The first-order valence-electron chi connectivity index (χ1n) is 6.18. The van der Waals surface area contributed by atoms with E-state index in [1.807, 2.05) is 0 Å². The molecule has 5 nitrogen and oxygen atoms in total. The Bertz CT molecular complexity index is 393. The largest absolute Gasteiger partial charge is 0.396 e. The van der Waals surface area contributed by atoms with Crippen LogP contribution in [0.2, 0.25) is 0 Å². The van der Waals surface area contributed by atoms with Crippen LogP contribution in [0.1, 0.15) is 43.1 Å². The van der Waals surface area contributed by atoms with Crippen molar-refractivity contribution in [1.29, 1.82) is 0 Å². The number of nitrogens with one attached hydrogen (secondary N) is 1. The van der Waals surface area contributed by atoms with E-state index in [0.717, 1.165) is 6.42 Å². The van der Waals surface area contributed by atoms with Crippen molar-refractivity contribution in [3.8, 4) is 0 Å². The highest BCUT2D eigenvalue weighted by Crippen LogP contribution is 2.24. The van der Waals surface area contributed by atoms with Crippen LogP contribution in [0.15, 0.2) is 6.20 Å². The zero-order chi connectivity index (χ0) is 12.4. The smallest absolute Gasteiger partial charge is 0.271 e. The summed E-state index contributed by atoms with van der Waals surface area (Å²) >= 11 is 0.